The third-order valence-electron chi connectivity index (χ3n) is 2.35. The Morgan fingerprint density at radius 2 is 2.06 bits per heavy atom. The molecule has 17 heavy (non-hydrogen) atoms. The molecule has 0 saturated heterocycles. The number of benzene rings is 1. The van der Waals surface area contributed by atoms with E-state index in [2.05, 4.69) is 31.9 Å². The van der Waals surface area contributed by atoms with Gasteiger partial charge in [0.15, 0.2) is 0 Å². The van der Waals surface area contributed by atoms with Gasteiger partial charge in [0.05, 0.1) is 8.61 Å². The van der Waals surface area contributed by atoms with Crippen LogP contribution in [0.4, 0.5) is 4.39 Å². The van der Waals surface area contributed by atoms with Gasteiger partial charge >= 0.3 is 0 Å². The van der Waals surface area contributed by atoms with E-state index in [1.807, 2.05) is 12.1 Å². The van der Waals surface area contributed by atoms with E-state index < -0.39 is 0 Å². The van der Waals surface area contributed by atoms with Gasteiger partial charge in [-0.05, 0) is 46.6 Å². The largest absolute Gasteiger partial charge is 0.207 e. The van der Waals surface area contributed by atoms with Crippen LogP contribution >= 0.6 is 54.8 Å². The maximum absolute atomic E-state index is 13.6. The Bertz CT molecular complexity index is 507. The van der Waals surface area contributed by atoms with Gasteiger partial charge < -0.3 is 0 Å². The quantitative estimate of drug-likeness (QED) is 0.558. The monoisotopic (exact) mass is 396 g/mol. The Labute approximate surface area is 125 Å². The number of thiophene rings is 1. The second kappa shape index (κ2) is 5.83. The zero-order valence-corrected chi connectivity index (χ0v) is 13.3. The third-order valence-corrected chi connectivity index (χ3v) is 5.56. The molecule has 0 nitrogen and oxygen atoms in total. The smallest absolute Gasteiger partial charge is 0.127 e. The second-order valence-electron chi connectivity index (χ2n) is 3.51. The van der Waals surface area contributed by atoms with Gasteiger partial charge in [-0.2, -0.15) is 0 Å². The molecule has 0 aliphatic rings. The first-order valence-electron chi connectivity index (χ1n) is 4.90. The van der Waals surface area contributed by atoms with E-state index in [1.165, 1.54) is 6.07 Å². The number of halogens is 4. The molecule has 5 heteroatoms. The van der Waals surface area contributed by atoms with Gasteiger partial charge in [-0.1, -0.05) is 33.6 Å². The van der Waals surface area contributed by atoms with Crippen LogP contribution in [0.25, 0.3) is 0 Å². The lowest BCUT2D eigenvalue weighted by atomic mass is 10.1. The van der Waals surface area contributed by atoms with Crippen LogP contribution in [0.5, 0.6) is 0 Å². The Balaban J connectivity index is 2.21. The fraction of sp³-hybridized carbons (Fsp3) is 0.167. The van der Waals surface area contributed by atoms with Crippen LogP contribution in [0.3, 0.4) is 0 Å². The number of alkyl halides is 1. The minimum Gasteiger partial charge on any atom is -0.207 e. The lowest BCUT2D eigenvalue weighted by molar-refractivity contribution is 0.609. The molecule has 1 heterocycles. The van der Waals surface area contributed by atoms with Crippen LogP contribution in [-0.2, 0) is 6.42 Å². The summed E-state index contributed by atoms with van der Waals surface area (Å²) in [6.45, 7) is 0. The summed E-state index contributed by atoms with van der Waals surface area (Å²) in [5.74, 6) is -0.252. The Morgan fingerprint density at radius 1 is 1.29 bits per heavy atom. The van der Waals surface area contributed by atoms with E-state index in [-0.39, 0.29) is 10.6 Å². The van der Waals surface area contributed by atoms with Crippen molar-refractivity contribution in [3.63, 3.8) is 0 Å². The summed E-state index contributed by atoms with van der Waals surface area (Å²) in [5, 5.41) is 0.477. The van der Waals surface area contributed by atoms with Crippen molar-refractivity contribution in [2.45, 2.75) is 11.2 Å². The van der Waals surface area contributed by atoms with Crippen LogP contribution in [0.2, 0.25) is 5.02 Å². The standard InChI is InChI=1S/C12H8Br2ClFS/c13-8(11-4-5-12(14)17-11)6-7-9(15)2-1-3-10(7)16/h1-5,8H,6H2. The van der Waals surface area contributed by atoms with Gasteiger partial charge in [-0.15, -0.1) is 11.3 Å². The molecule has 1 aromatic heterocycles. The summed E-state index contributed by atoms with van der Waals surface area (Å²) in [7, 11) is 0. The van der Waals surface area contributed by atoms with Gasteiger partial charge in [-0.3, -0.25) is 0 Å². The molecular formula is C12H8Br2ClFS. The van der Waals surface area contributed by atoms with Gasteiger partial charge in [0.25, 0.3) is 0 Å². The van der Waals surface area contributed by atoms with Gasteiger partial charge in [0.1, 0.15) is 5.82 Å². The van der Waals surface area contributed by atoms with Crippen molar-refractivity contribution in [1.29, 1.82) is 0 Å². The summed E-state index contributed by atoms with van der Waals surface area (Å²) in [6.07, 6.45) is 0.540. The first kappa shape index (κ1) is 13.5. The molecule has 0 fully saturated rings. The molecule has 90 valence electrons. The lowest BCUT2D eigenvalue weighted by Crippen LogP contribution is -1.97. The van der Waals surface area contributed by atoms with E-state index in [1.54, 1.807) is 23.5 Å². The fourth-order valence-corrected chi connectivity index (χ4v) is 3.90. The van der Waals surface area contributed by atoms with Gasteiger partial charge in [-0.25, -0.2) is 4.39 Å². The molecular weight excluding hydrogens is 390 g/mol. The Hall–Kier alpha value is 0.1000. The molecule has 0 amide bonds. The molecule has 0 bridgehead atoms. The Kier molecular flexibility index (Phi) is 4.64. The summed E-state index contributed by atoms with van der Waals surface area (Å²) in [6, 6.07) is 8.77. The molecule has 0 aliphatic carbocycles. The zero-order valence-electron chi connectivity index (χ0n) is 8.59. The lowest BCUT2D eigenvalue weighted by Gasteiger charge is -2.10. The predicted molar refractivity (Wildman–Crippen MR) is 78.8 cm³/mol. The normalized spacial score (nSPS) is 12.7. The highest BCUT2D eigenvalue weighted by atomic mass is 79.9. The first-order chi connectivity index (χ1) is 8.08. The van der Waals surface area contributed by atoms with Crippen molar-refractivity contribution in [2.24, 2.45) is 0 Å². The van der Waals surface area contributed by atoms with Gasteiger partial charge in [0, 0.05) is 15.5 Å². The minimum absolute atomic E-state index is 0.0770. The van der Waals surface area contributed by atoms with Crippen LogP contribution in [0, 0.1) is 5.82 Å². The molecule has 1 atom stereocenters. The van der Waals surface area contributed by atoms with Crippen LogP contribution in [0.1, 0.15) is 15.3 Å². The second-order valence-corrected chi connectivity index (χ2v) is 7.52. The fourth-order valence-electron chi connectivity index (χ4n) is 1.50. The highest BCUT2D eigenvalue weighted by Gasteiger charge is 2.15. The summed E-state index contributed by atoms with van der Waals surface area (Å²) in [4.78, 5) is 1.23. The molecule has 0 aliphatic heterocycles. The van der Waals surface area contributed by atoms with E-state index in [4.69, 9.17) is 11.6 Å². The van der Waals surface area contributed by atoms with E-state index >= 15 is 0 Å². The number of rotatable bonds is 3. The molecule has 1 unspecified atom stereocenters. The molecule has 2 rings (SSSR count). The maximum Gasteiger partial charge on any atom is 0.127 e. The van der Waals surface area contributed by atoms with Crippen LogP contribution in [0.15, 0.2) is 34.1 Å². The van der Waals surface area contributed by atoms with Crippen LogP contribution < -0.4 is 0 Å². The van der Waals surface area contributed by atoms with Crippen molar-refractivity contribution in [1.82, 2.24) is 0 Å². The number of hydrogen-bond acceptors (Lipinski definition) is 1. The summed E-state index contributed by atoms with van der Waals surface area (Å²) in [5.41, 5.74) is 0.556. The third kappa shape index (κ3) is 3.31. The van der Waals surface area contributed by atoms with Crippen molar-refractivity contribution in [3.8, 4) is 0 Å². The van der Waals surface area contributed by atoms with Crippen molar-refractivity contribution in [2.75, 3.05) is 0 Å². The highest BCUT2D eigenvalue weighted by Crippen LogP contribution is 2.36. The minimum atomic E-state index is -0.252. The molecule has 2 aromatic rings. The van der Waals surface area contributed by atoms with Gasteiger partial charge in [0.2, 0.25) is 0 Å². The van der Waals surface area contributed by atoms with Crippen molar-refractivity contribution < 1.29 is 4.39 Å². The molecule has 0 radical (unpaired) electrons. The highest BCUT2D eigenvalue weighted by molar-refractivity contribution is 9.11. The maximum atomic E-state index is 13.6. The Morgan fingerprint density at radius 3 is 2.65 bits per heavy atom. The zero-order chi connectivity index (χ0) is 12.4. The summed E-state index contributed by atoms with van der Waals surface area (Å²) >= 11 is 14.6. The van der Waals surface area contributed by atoms with Crippen molar-refractivity contribution in [3.05, 3.63) is 55.4 Å². The first-order valence-corrected chi connectivity index (χ1v) is 7.80. The molecule has 1 aromatic carbocycles. The predicted octanol–water partition coefficient (Wildman–Crippen LogP) is 5.98. The SMILES string of the molecule is Fc1cccc(Cl)c1CC(Br)c1ccc(Br)s1. The summed E-state index contributed by atoms with van der Waals surface area (Å²) < 4.78 is 14.7. The van der Waals surface area contributed by atoms with Crippen molar-refractivity contribution >= 4 is 54.8 Å². The average molecular weight is 399 g/mol. The molecule has 0 spiro atoms. The molecule has 0 N–H and O–H groups in total. The van der Waals surface area contributed by atoms with E-state index in [0.29, 0.717) is 17.0 Å². The van der Waals surface area contributed by atoms with E-state index in [0.717, 1.165) is 8.66 Å². The van der Waals surface area contributed by atoms with E-state index in [9.17, 15) is 4.39 Å². The van der Waals surface area contributed by atoms with Crippen LogP contribution in [-0.4, -0.2) is 0 Å². The topological polar surface area (TPSA) is 0 Å². The molecule has 0 saturated carbocycles. The number of hydrogen-bond donors (Lipinski definition) is 0. The average Bonchev–Trinajstić information content (AvgIpc) is 2.70.